The van der Waals surface area contributed by atoms with Crippen LogP contribution >= 0.6 is 11.8 Å². The molecule has 2 aromatic rings. The largest absolute Gasteiger partial charge is 0.366 e. The minimum Gasteiger partial charge on any atom is -0.366 e. The average Bonchev–Trinajstić information content (AvgIpc) is 2.55. The number of nitrogens with two attached hydrogens (primary N) is 1. The number of thioether (sulfide) groups is 1. The first kappa shape index (κ1) is 17.9. The molecule has 6 heteroatoms. The van der Waals surface area contributed by atoms with Crippen molar-refractivity contribution in [2.24, 2.45) is 5.73 Å². The number of nitrogens with one attached hydrogen (secondary N) is 2. The Balaban J connectivity index is 1.70. The number of amides is 3. The van der Waals surface area contributed by atoms with Crippen LogP contribution in [0.4, 0.5) is 10.5 Å². The molecule has 2 aromatic carbocycles. The monoisotopic (exact) mass is 343 g/mol. The lowest BCUT2D eigenvalue weighted by molar-refractivity contribution is 0.0999. The van der Waals surface area contributed by atoms with Crippen molar-refractivity contribution in [2.75, 3.05) is 17.6 Å². The summed E-state index contributed by atoms with van der Waals surface area (Å²) in [4.78, 5) is 24.3. The fourth-order valence-corrected chi connectivity index (χ4v) is 3.05. The third-order valence-corrected chi connectivity index (χ3v) is 4.47. The van der Waals surface area contributed by atoms with E-state index in [1.165, 1.54) is 4.90 Å². The van der Waals surface area contributed by atoms with Crippen LogP contribution in [0.1, 0.15) is 22.3 Å². The molecule has 0 spiro atoms. The van der Waals surface area contributed by atoms with Crippen molar-refractivity contribution in [1.82, 2.24) is 5.32 Å². The Morgan fingerprint density at radius 1 is 1.12 bits per heavy atom. The highest BCUT2D eigenvalue weighted by Gasteiger charge is 2.07. The van der Waals surface area contributed by atoms with E-state index in [1.54, 1.807) is 36.9 Å². The molecule has 0 aliphatic carbocycles. The molecule has 126 valence electrons. The van der Waals surface area contributed by atoms with E-state index in [-0.39, 0.29) is 6.03 Å². The Morgan fingerprint density at radius 2 is 1.88 bits per heavy atom. The van der Waals surface area contributed by atoms with Gasteiger partial charge in [0.15, 0.2) is 0 Å². The maximum atomic E-state index is 11.9. The number of benzene rings is 2. The molecule has 0 aliphatic rings. The smallest absolute Gasteiger partial charge is 0.319 e. The number of hydrogen-bond acceptors (Lipinski definition) is 3. The normalized spacial score (nSPS) is 10.2. The zero-order valence-corrected chi connectivity index (χ0v) is 14.4. The van der Waals surface area contributed by atoms with Gasteiger partial charge in [0.05, 0.1) is 0 Å². The van der Waals surface area contributed by atoms with Gasteiger partial charge in [0.25, 0.3) is 0 Å². The summed E-state index contributed by atoms with van der Waals surface area (Å²) in [6.07, 6.45) is 0.882. The molecule has 0 saturated carbocycles. The molecule has 0 atom stereocenters. The molecule has 0 unspecified atom stereocenters. The number of hydrogen-bond donors (Lipinski definition) is 3. The van der Waals surface area contributed by atoms with Gasteiger partial charge in [-0.25, -0.2) is 4.79 Å². The van der Waals surface area contributed by atoms with E-state index >= 15 is 0 Å². The van der Waals surface area contributed by atoms with Crippen LogP contribution in [0.5, 0.6) is 0 Å². The number of anilines is 1. The number of aryl methyl sites for hydroxylation is 1. The molecule has 0 saturated heterocycles. The summed E-state index contributed by atoms with van der Waals surface area (Å²) in [7, 11) is 0. The van der Waals surface area contributed by atoms with Crippen molar-refractivity contribution in [3.63, 3.8) is 0 Å². The van der Waals surface area contributed by atoms with E-state index < -0.39 is 5.91 Å². The van der Waals surface area contributed by atoms with E-state index in [0.29, 0.717) is 17.8 Å². The van der Waals surface area contributed by atoms with Crippen molar-refractivity contribution >= 4 is 29.4 Å². The number of carbonyl (C=O) groups excluding carboxylic acids is 2. The number of rotatable bonds is 7. The fourth-order valence-electron chi connectivity index (χ4n) is 2.17. The van der Waals surface area contributed by atoms with Gasteiger partial charge in [0, 0.05) is 22.7 Å². The van der Waals surface area contributed by atoms with Gasteiger partial charge in [-0.3, -0.25) is 4.79 Å². The van der Waals surface area contributed by atoms with Crippen LogP contribution in [0.3, 0.4) is 0 Å². The van der Waals surface area contributed by atoms with Crippen LogP contribution in [-0.4, -0.2) is 24.2 Å². The predicted molar refractivity (Wildman–Crippen MR) is 98.5 cm³/mol. The van der Waals surface area contributed by atoms with Crippen molar-refractivity contribution in [1.29, 1.82) is 0 Å². The third kappa shape index (κ3) is 5.62. The van der Waals surface area contributed by atoms with Gasteiger partial charge in [-0.15, -0.1) is 11.8 Å². The van der Waals surface area contributed by atoms with Crippen LogP contribution in [0.2, 0.25) is 0 Å². The molecule has 3 amide bonds. The van der Waals surface area contributed by atoms with Gasteiger partial charge in [0.2, 0.25) is 5.91 Å². The average molecular weight is 343 g/mol. The van der Waals surface area contributed by atoms with Gasteiger partial charge >= 0.3 is 6.03 Å². The zero-order valence-electron chi connectivity index (χ0n) is 13.5. The molecule has 24 heavy (non-hydrogen) atoms. The summed E-state index contributed by atoms with van der Waals surface area (Å²) in [5, 5.41) is 5.57. The van der Waals surface area contributed by atoms with Gasteiger partial charge < -0.3 is 16.4 Å². The summed E-state index contributed by atoms with van der Waals surface area (Å²) < 4.78 is 0. The fraction of sp³-hybridized carbons (Fsp3) is 0.222. The second-order valence-electron chi connectivity index (χ2n) is 5.29. The lowest BCUT2D eigenvalue weighted by Gasteiger charge is -2.09. The zero-order chi connectivity index (χ0) is 17.4. The van der Waals surface area contributed by atoms with Crippen molar-refractivity contribution in [3.8, 4) is 0 Å². The standard InChI is InChI=1S/C18H21N3O2S/c1-13-12-14(8-9-16(13)17(19)22)21-18(23)20-10-5-11-24-15-6-3-2-4-7-15/h2-4,6-9,12H,5,10-11H2,1H3,(H2,19,22)(H2,20,21,23). The Morgan fingerprint density at radius 3 is 2.54 bits per heavy atom. The third-order valence-electron chi connectivity index (χ3n) is 3.37. The van der Waals surface area contributed by atoms with Crippen LogP contribution in [0.25, 0.3) is 0 Å². The van der Waals surface area contributed by atoms with Crippen LogP contribution < -0.4 is 16.4 Å². The second-order valence-corrected chi connectivity index (χ2v) is 6.46. The lowest BCUT2D eigenvalue weighted by atomic mass is 10.1. The molecule has 0 fully saturated rings. The van der Waals surface area contributed by atoms with Gasteiger partial charge in [0.1, 0.15) is 0 Å². The highest BCUT2D eigenvalue weighted by atomic mass is 32.2. The number of carbonyl (C=O) groups is 2. The van der Waals surface area contributed by atoms with E-state index in [4.69, 9.17) is 5.73 Å². The van der Waals surface area contributed by atoms with Crippen LogP contribution in [0, 0.1) is 6.92 Å². The lowest BCUT2D eigenvalue weighted by Crippen LogP contribution is -2.29. The minimum absolute atomic E-state index is 0.258. The molecule has 5 nitrogen and oxygen atoms in total. The second kappa shape index (κ2) is 8.98. The number of urea groups is 1. The summed E-state index contributed by atoms with van der Waals surface area (Å²) in [6, 6.07) is 14.9. The van der Waals surface area contributed by atoms with Crippen molar-refractivity contribution in [3.05, 3.63) is 59.7 Å². The highest BCUT2D eigenvalue weighted by molar-refractivity contribution is 7.99. The quantitative estimate of drug-likeness (QED) is 0.532. The summed E-state index contributed by atoms with van der Waals surface area (Å²) in [5.41, 5.74) is 7.09. The Labute approximate surface area is 146 Å². The van der Waals surface area contributed by atoms with Gasteiger partial charge in [-0.05, 0) is 55.0 Å². The Hall–Kier alpha value is -2.47. The van der Waals surface area contributed by atoms with Gasteiger partial charge in [-0.1, -0.05) is 18.2 Å². The SMILES string of the molecule is Cc1cc(NC(=O)NCCCSc2ccccc2)ccc1C(N)=O. The predicted octanol–water partition coefficient (Wildman–Crippen LogP) is 3.40. The van der Waals surface area contributed by atoms with Crippen molar-refractivity contribution in [2.45, 2.75) is 18.2 Å². The first-order valence-electron chi connectivity index (χ1n) is 7.69. The first-order chi connectivity index (χ1) is 11.6. The topological polar surface area (TPSA) is 84.2 Å². The molecule has 0 radical (unpaired) electrons. The molecule has 2 rings (SSSR count). The summed E-state index contributed by atoms with van der Waals surface area (Å²) in [6.45, 7) is 2.38. The summed E-state index contributed by atoms with van der Waals surface area (Å²) in [5.74, 6) is 0.468. The van der Waals surface area contributed by atoms with E-state index in [2.05, 4.69) is 22.8 Å². The molecular weight excluding hydrogens is 322 g/mol. The van der Waals surface area contributed by atoms with Crippen LogP contribution in [0.15, 0.2) is 53.4 Å². The molecule has 0 aromatic heterocycles. The maximum Gasteiger partial charge on any atom is 0.319 e. The minimum atomic E-state index is -0.473. The molecular formula is C18H21N3O2S. The van der Waals surface area contributed by atoms with Gasteiger partial charge in [-0.2, -0.15) is 0 Å². The molecule has 0 heterocycles. The number of primary amides is 1. The highest BCUT2D eigenvalue weighted by Crippen LogP contribution is 2.17. The first-order valence-corrected chi connectivity index (χ1v) is 8.68. The van der Waals surface area contributed by atoms with E-state index in [9.17, 15) is 9.59 Å². The Kier molecular flexibility index (Phi) is 6.69. The Bertz CT molecular complexity index is 705. The molecule has 0 aliphatic heterocycles. The molecule has 4 N–H and O–H groups in total. The molecule has 0 bridgehead atoms. The van der Waals surface area contributed by atoms with Crippen LogP contribution in [-0.2, 0) is 0 Å². The van der Waals surface area contributed by atoms with E-state index in [0.717, 1.165) is 17.7 Å². The van der Waals surface area contributed by atoms with Crippen molar-refractivity contribution < 1.29 is 9.59 Å². The van der Waals surface area contributed by atoms with E-state index in [1.807, 2.05) is 18.2 Å². The summed E-state index contributed by atoms with van der Waals surface area (Å²) >= 11 is 1.77. The maximum absolute atomic E-state index is 11.9.